The van der Waals surface area contributed by atoms with Crippen LogP contribution in [-0.2, 0) is 22.6 Å². The van der Waals surface area contributed by atoms with Gasteiger partial charge in [0.2, 0.25) is 11.8 Å². The third-order valence-electron chi connectivity index (χ3n) is 4.83. The fourth-order valence-electron chi connectivity index (χ4n) is 3.37. The number of hydrogen-bond acceptors (Lipinski definition) is 5. The minimum Gasteiger partial charge on any atom is -0.497 e. The molecule has 2 aromatic carbocycles. The van der Waals surface area contributed by atoms with Gasteiger partial charge >= 0.3 is 0 Å². The number of methoxy groups -OCH3 is 1. The first-order valence-electron chi connectivity index (χ1n) is 10.2. The van der Waals surface area contributed by atoms with Crippen LogP contribution in [0.4, 0.5) is 5.69 Å². The van der Waals surface area contributed by atoms with Crippen molar-refractivity contribution in [1.82, 2.24) is 10.2 Å². The quantitative estimate of drug-likeness (QED) is 0.462. The molecule has 2 rings (SSSR count). The van der Waals surface area contributed by atoms with Crippen LogP contribution in [0.15, 0.2) is 48.5 Å². The molecule has 8 nitrogen and oxygen atoms in total. The zero-order valence-electron chi connectivity index (χ0n) is 18.3. The van der Waals surface area contributed by atoms with Gasteiger partial charge in [-0.2, -0.15) is 0 Å². The number of nitro groups is 1. The monoisotopic (exact) mass is 427 g/mol. The van der Waals surface area contributed by atoms with Crippen LogP contribution in [0.2, 0.25) is 0 Å². The van der Waals surface area contributed by atoms with Crippen LogP contribution >= 0.6 is 0 Å². The number of amides is 2. The third-order valence-corrected chi connectivity index (χ3v) is 4.83. The lowest BCUT2D eigenvalue weighted by molar-refractivity contribution is -0.385. The van der Waals surface area contributed by atoms with Gasteiger partial charge in [0.1, 0.15) is 11.8 Å². The molecule has 8 heteroatoms. The van der Waals surface area contributed by atoms with E-state index in [1.165, 1.54) is 11.0 Å². The van der Waals surface area contributed by atoms with Gasteiger partial charge in [-0.25, -0.2) is 0 Å². The van der Waals surface area contributed by atoms with Crippen molar-refractivity contribution in [3.63, 3.8) is 0 Å². The van der Waals surface area contributed by atoms with Gasteiger partial charge in [-0.05, 0) is 38.0 Å². The zero-order chi connectivity index (χ0) is 23.0. The van der Waals surface area contributed by atoms with E-state index in [1.54, 1.807) is 37.4 Å². The van der Waals surface area contributed by atoms with Gasteiger partial charge in [0.05, 0.1) is 18.5 Å². The normalized spacial score (nSPS) is 11.6. The Labute approximate surface area is 182 Å². The zero-order valence-corrected chi connectivity index (χ0v) is 18.3. The molecule has 2 amide bonds. The van der Waals surface area contributed by atoms with Crippen LogP contribution in [0.25, 0.3) is 0 Å². The van der Waals surface area contributed by atoms with Crippen LogP contribution in [0.3, 0.4) is 0 Å². The van der Waals surface area contributed by atoms with Gasteiger partial charge in [0, 0.05) is 24.2 Å². The minimum absolute atomic E-state index is 0.0782. The molecule has 0 saturated heterocycles. The topological polar surface area (TPSA) is 102 Å². The standard InChI is InChI=1S/C23H29N3O5/c1-5-20(23(28)24-16(2)3)25(15-17-9-8-11-19(13-17)31-4)22(27)14-18-10-6-7-12-21(18)26(29)30/h6-13,16,20H,5,14-15H2,1-4H3,(H,24,28)/t20-/m1/s1. The van der Waals surface area contributed by atoms with Crippen molar-refractivity contribution in [3.8, 4) is 5.75 Å². The van der Waals surface area contributed by atoms with Gasteiger partial charge in [-0.1, -0.05) is 37.3 Å². The number of hydrogen-bond donors (Lipinski definition) is 1. The van der Waals surface area contributed by atoms with Gasteiger partial charge in [-0.3, -0.25) is 19.7 Å². The van der Waals surface area contributed by atoms with E-state index < -0.39 is 11.0 Å². The van der Waals surface area contributed by atoms with E-state index in [-0.39, 0.29) is 36.5 Å². The lowest BCUT2D eigenvalue weighted by Gasteiger charge is -2.31. The molecule has 1 N–H and O–H groups in total. The minimum atomic E-state index is -0.705. The van der Waals surface area contributed by atoms with E-state index in [1.807, 2.05) is 32.9 Å². The summed E-state index contributed by atoms with van der Waals surface area (Å²) in [5.41, 5.74) is 0.996. The van der Waals surface area contributed by atoms with Crippen LogP contribution in [0.1, 0.15) is 38.3 Å². The van der Waals surface area contributed by atoms with E-state index in [0.717, 1.165) is 5.56 Å². The molecule has 31 heavy (non-hydrogen) atoms. The molecule has 0 unspecified atom stereocenters. The highest BCUT2D eigenvalue weighted by atomic mass is 16.6. The van der Waals surface area contributed by atoms with Crippen LogP contribution in [0, 0.1) is 10.1 Å². The molecule has 0 aliphatic heterocycles. The van der Waals surface area contributed by atoms with Crippen molar-refractivity contribution in [1.29, 1.82) is 0 Å². The summed E-state index contributed by atoms with van der Waals surface area (Å²) in [4.78, 5) is 38.5. The Bertz CT molecular complexity index is 929. The van der Waals surface area contributed by atoms with Gasteiger partial charge in [0.15, 0.2) is 0 Å². The molecule has 0 radical (unpaired) electrons. The lowest BCUT2D eigenvalue weighted by Crippen LogP contribution is -2.50. The Morgan fingerprint density at radius 3 is 2.48 bits per heavy atom. The van der Waals surface area contributed by atoms with Gasteiger partial charge < -0.3 is 15.0 Å². The molecule has 166 valence electrons. The average molecular weight is 428 g/mol. The number of ether oxygens (including phenoxy) is 1. The number of nitrogens with one attached hydrogen (secondary N) is 1. The molecule has 0 aliphatic rings. The van der Waals surface area contributed by atoms with Crippen LogP contribution in [-0.4, -0.2) is 40.8 Å². The summed E-state index contributed by atoms with van der Waals surface area (Å²) in [7, 11) is 1.56. The molecule has 2 aromatic rings. The number of benzene rings is 2. The van der Waals surface area contributed by atoms with Crippen molar-refractivity contribution in [2.45, 2.75) is 52.2 Å². The van der Waals surface area contributed by atoms with Crippen molar-refractivity contribution < 1.29 is 19.2 Å². The average Bonchev–Trinajstić information content (AvgIpc) is 2.73. The molecule has 0 spiro atoms. The summed E-state index contributed by atoms with van der Waals surface area (Å²) >= 11 is 0. The second kappa shape index (κ2) is 11.1. The fraction of sp³-hybridized carbons (Fsp3) is 0.391. The Morgan fingerprint density at radius 2 is 1.87 bits per heavy atom. The highest BCUT2D eigenvalue weighted by Crippen LogP contribution is 2.22. The summed E-state index contributed by atoms with van der Waals surface area (Å²) < 4.78 is 5.26. The molecule has 1 atom stereocenters. The maximum atomic E-state index is 13.3. The summed E-state index contributed by atoms with van der Waals surface area (Å²) in [5, 5.41) is 14.2. The SMILES string of the molecule is CC[C@H](C(=O)NC(C)C)N(Cc1cccc(OC)c1)C(=O)Cc1ccccc1[N+](=O)[O-]. The second-order valence-electron chi connectivity index (χ2n) is 7.52. The largest absolute Gasteiger partial charge is 0.497 e. The summed E-state index contributed by atoms with van der Waals surface area (Å²) in [6, 6.07) is 12.6. The van der Waals surface area contributed by atoms with E-state index in [0.29, 0.717) is 17.7 Å². The van der Waals surface area contributed by atoms with Crippen LogP contribution < -0.4 is 10.1 Å². The predicted octanol–water partition coefficient (Wildman–Crippen LogP) is 3.48. The molecular weight excluding hydrogens is 398 g/mol. The van der Waals surface area contributed by atoms with E-state index in [2.05, 4.69) is 5.32 Å². The number of para-hydroxylation sites is 1. The molecule has 0 aromatic heterocycles. The maximum absolute atomic E-state index is 13.3. The van der Waals surface area contributed by atoms with Gasteiger partial charge in [0.25, 0.3) is 5.69 Å². The van der Waals surface area contributed by atoms with Crippen molar-refractivity contribution in [3.05, 3.63) is 69.8 Å². The first-order chi connectivity index (χ1) is 14.8. The molecule has 0 fully saturated rings. The summed E-state index contributed by atoms with van der Waals surface area (Å²) in [5.74, 6) is 0.0301. The summed E-state index contributed by atoms with van der Waals surface area (Å²) in [6.45, 7) is 5.72. The Balaban J connectivity index is 2.38. The highest BCUT2D eigenvalue weighted by molar-refractivity contribution is 5.89. The smallest absolute Gasteiger partial charge is 0.273 e. The van der Waals surface area contributed by atoms with E-state index >= 15 is 0 Å². The van der Waals surface area contributed by atoms with Crippen molar-refractivity contribution >= 4 is 17.5 Å². The lowest BCUT2D eigenvalue weighted by atomic mass is 10.0. The van der Waals surface area contributed by atoms with Crippen molar-refractivity contribution in [2.75, 3.05) is 7.11 Å². The van der Waals surface area contributed by atoms with Crippen molar-refractivity contribution in [2.24, 2.45) is 0 Å². The number of nitro benzene ring substituents is 1. The molecule has 0 heterocycles. The summed E-state index contributed by atoms with van der Waals surface area (Å²) in [6.07, 6.45) is 0.234. The Hall–Kier alpha value is -3.42. The van der Waals surface area contributed by atoms with Gasteiger partial charge in [-0.15, -0.1) is 0 Å². The molecule has 0 aliphatic carbocycles. The molecule has 0 bridgehead atoms. The molecule has 0 saturated carbocycles. The first kappa shape index (κ1) is 23.9. The Morgan fingerprint density at radius 1 is 1.16 bits per heavy atom. The number of carbonyl (C=O) groups excluding carboxylic acids is 2. The van der Waals surface area contributed by atoms with Crippen LogP contribution in [0.5, 0.6) is 5.75 Å². The Kier molecular flexibility index (Phi) is 8.54. The number of rotatable bonds is 10. The first-order valence-corrected chi connectivity index (χ1v) is 10.2. The maximum Gasteiger partial charge on any atom is 0.273 e. The third kappa shape index (κ3) is 6.53. The predicted molar refractivity (Wildman–Crippen MR) is 118 cm³/mol. The molecular formula is C23H29N3O5. The fourth-order valence-corrected chi connectivity index (χ4v) is 3.37. The second-order valence-corrected chi connectivity index (χ2v) is 7.52. The number of carbonyl (C=O) groups is 2. The number of nitrogens with zero attached hydrogens (tertiary/aromatic N) is 2. The van der Waals surface area contributed by atoms with E-state index in [9.17, 15) is 19.7 Å². The highest BCUT2D eigenvalue weighted by Gasteiger charge is 2.30. The van der Waals surface area contributed by atoms with E-state index in [4.69, 9.17) is 4.74 Å².